The molecular formula is C21H32N2O5Si. The number of aliphatic carboxylic acids is 1. The van der Waals surface area contributed by atoms with Gasteiger partial charge in [0.15, 0.2) is 0 Å². The van der Waals surface area contributed by atoms with E-state index in [9.17, 15) is 24.3 Å². The SMILES string of the molecule is CC(C)CC(NC(=O)c1ccccc1)[Si](C)(O)CCC(=O)N1CCC[C@H]1C(=O)O. The Morgan fingerprint density at radius 3 is 2.48 bits per heavy atom. The molecule has 0 aromatic heterocycles. The quantitative estimate of drug-likeness (QED) is 0.532. The van der Waals surface area contributed by atoms with Crippen LogP contribution >= 0.6 is 0 Å². The van der Waals surface area contributed by atoms with Crippen LogP contribution in [-0.4, -0.2) is 59.2 Å². The molecule has 3 atom stereocenters. The second-order valence-electron chi connectivity index (χ2n) is 8.46. The fraction of sp³-hybridized carbons (Fsp3) is 0.571. The minimum atomic E-state index is -2.98. The van der Waals surface area contributed by atoms with Gasteiger partial charge >= 0.3 is 5.97 Å². The molecule has 1 heterocycles. The summed E-state index contributed by atoms with van der Waals surface area (Å²) in [5, 5.41) is 12.3. The second-order valence-corrected chi connectivity index (χ2v) is 12.4. The van der Waals surface area contributed by atoms with Crippen molar-refractivity contribution >= 4 is 26.1 Å². The molecule has 1 aromatic rings. The van der Waals surface area contributed by atoms with Crippen molar-refractivity contribution in [3.05, 3.63) is 35.9 Å². The lowest BCUT2D eigenvalue weighted by atomic mass is 10.1. The van der Waals surface area contributed by atoms with Gasteiger partial charge in [-0.1, -0.05) is 32.0 Å². The van der Waals surface area contributed by atoms with E-state index in [2.05, 4.69) is 5.32 Å². The number of hydrogen-bond acceptors (Lipinski definition) is 4. The van der Waals surface area contributed by atoms with Crippen LogP contribution in [0.5, 0.6) is 0 Å². The zero-order valence-electron chi connectivity index (χ0n) is 17.4. The molecule has 29 heavy (non-hydrogen) atoms. The molecule has 1 aromatic carbocycles. The van der Waals surface area contributed by atoms with Crippen LogP contribution in [0.4, 0.5) is 0 Å². The number of carboxylic acid groups (broad SMARTS) is 1. The van der Waals surface area contributed by atoms with Crippen molar-refractivity contribution in [2.45, 2.75) is 63.8 Å². The Bertz CT molecular complexity index is 723. The van der Waals surface area contributed by atoms with Gasteiger partial charge in [-0.3, -0.25) is 9.59 Å². The van der Waals surface area contributed by atoms with Crippen molar-refractivity contribution in [3.8, 4) is 0 Å². The van der Waals surface area contributed by atoms with Gasteiger partial charge in [-0.15, -0.1) is 0 Å². The number of nitrogens with one attached hydrogen (secondary N) is 1. The van der Waals surface area contributed by atoms with Gasteiger partial charge in [-0.25, -0.2) is 4.79 Å². The number of rotatable bonds is 9. The molecule has 1 saturated heterocycles. The number of likely N-dealkylation sites (tertiary alicyclic amines) is 1. The smallest absolute Gasteiger partial charge is 0.326 e. The van der Waals surface area contributed by atoms with Crippen molar-refractivity contribution in [3.63, 3.8) is 0 Å². The fourth-order valence-corrected chi connectivity index (χ4v) is 6.26. The molecule has 0 radical (unpaired) electrons. The van der Waals surface area contributed by atoms with Crippen molar-refractivity contribution in [1.29, 1.82) is 0 Å². The van der Waals surface area contributed by atoms with Gasteiger partial charge in [0.2, 0.25) is 14.2 Å². The van der Waals surface area contributed by atoms with E-state index in [4.69, 9.17) is 0 Å². The standard InChI is InChI=1S/C21H32N2O5Si/c1-15(2)14-18(22-20(25)16-8-5-4-6-9-16)29(3,28)13-11-19(24)23-12-7-10-17(23)21(26)27/h4-6,8-9,15,17-18,28H,7,10-14H2,1-3H3,(H,22,25)(H,26,27)/t17-,18?,29?/m0/s1. The van der Waals surface area contributed by atoms with Crippen molar-refractivity contribution < 1.29 is 24.3 Å². The third kappa shape index (κ3) is 6.40. The molecule has 8 heteroatoms. The normalized spacial score (nSPS) is 19.6. The molecule has 3 N–H and O–H groups in total. The molecule has 2 unspecified atom stereocenters. The first kappa shape index (κ1) is 23.1. The maximum Gasteiger partial charge on any atom is 0.326 e. The van der Waals surface area contributed by atoms with Crippen LogP contribution in [0.2, 0.25) is 12.6 Å². The summed E-state index contributed by atoms with van der Waals surface area (Å²) >= 11 is 0. The average molecular weight is 421 g/mol. The lowest BCUT2D eigenvalue weighted by molar-refractivity contribution is -0.148. The van der Waals surface area contributed by atoms with Gasteiger partial charge < -0.3 is 20.1 Å². The number of carboxylic acids is 1. The summed E-state index contributed by atoms with van der Waals surface area (Å²) in [5.41, 5.74) is 0.139. The summed E-state index contributed by atoms with van der Waals surface area (Å²) in [5.74, 6) is -1.19. The Kier molecular flexibility index (Phi) is 7.98. The summed E-state index contributed by atoms with van der Waals surface area (Å²) < 4.78 is 0. The number of hydrogen-bond donors (Lipinski definition) is 3. The van der Waals surface area contributed by atoms with E-state index in [1.165, 1.54) is 4.90 Å². The lowest BCUT2D eigenvalue weighted by Crippen LogP contribution is -2.56. The van der Waals surface area contributed by atoms with Gasteiger partial charge in [0.05, 0.1) is 0 Å². The van der Waals surface area contributed by atoms with E-state index >= 15 is 0 Å². The van der Waals surface area contributed by atoms with Gasteiger partial charge in [0, 0.05) is 24.2 Å². The molecular weight excluding hydrogens is 388 g/mol. The molecule has 1 fully saturated rings. The van der Waals surface area contributed by atoms with E-state index in [1.807, 2.05) is 19.9 Å². The number of amides is 2. The van der Waals surface area contributed by atoms with E-state index in [0.717, 1.165) is 0 Å². The monoisotopic (exact) mass is 420 g/mol. The van der Waals surface area contributed by atoms with Crippen molar-refractivity contribution in [2.75, 3.05) is 6.54 Å². The molecule has 1 aliphatic heterocycles. The maximum absolute atomic E-state index is 12.6. The van der Waals surface area contributed by atoms with Crippen LogP contribution in [0, 0.1) is 5.92 Å². The summed E-state index contributed by atoms with van der Waals surface area (Å²) in [6.45, 7) is 6.26. The first-order valence-electron chi connectivity index (χ1n) is 10.2. The number of benzene rings is 1. The number of carbonyl (C=O) groups is 3. The van der Waals surface area contributed by atoms with E-state index < -0.39 is 26.0 Å². The molecule has 160 valence electrons. The minimum Gasteiger partial charge on any atom is -0.480 e. The topological polar surface area (TPSA) is 107 Å². The van der Waals surface area contributed by atoms with Gasteiger partial charge in [0.1, 0.15) is 6.04 Å². The Morgan fingerprint density at radius 1 is 1.24 bits per heavy atom. The summed E-state index contributed by atoms with van der Waals surface area (Å²) in [7, 11) is -2.98. The number of nitrogens with zero attached hydrogens (tertiary/aromatic N) is 1. The molecule has 0 aliphatic carbocycles. The predicted octanol–water partition coefficient (Wildman–Crippen LogP) is 2.40. The van der Waals surface area contributed by atoms with Gasteiger partial charge in [-0.2, -0.15) is 0 Å². The molecule has 0 saturated carbocycles. The molecule has 2 amide bonds. The Balaban J connectivity index is 2.04. The highest BCUT2D eigenvalue weighted by Gasteiger charge is 2.39. The Labute approximate surface area is 173 Å². The molecule has 2 rings (SSSR count). The molecule has 0 spiro atoms. The largest absolute Gasteiger partial charge is 0.480 e. The Morgan fingerprint density at radius 2 is 1.90 bits per heavy atom. The number of carbonyl (C=O) groups excluding carboxylic acids is 2. The van der Waals surface area contributed by atoms with Gasteiger partial charge in [0.25, 0.3) is 5.91 Å². The highest BCUT2D eigenvalue weighted by Crippen LogP contribution is 2.24. The van der Waals surface area contributed by atoms with Crippen LogP contribution in [0.1, 0.15) is 49.9 Å². The van der Waals surface area contributed by atoms with Crippen LogP contribution in [0.3, 0.4) is 0 Å². The third-order valence-electron chi connectivity index (χ3n) is 5.50. The van der Waals surface area contributed by atoms with E-state index in [-0.39, 0.29) is 30.2 Å². The zero-order chi connectivity index (χ0) is 21.6. The summed E-state index contributed by atoms with van der Waals surface area (Å²) in [4.78, 5) is 49.1. The average Bonchev–Trinajstić information content (AvgIpc) is 3.16. The lowest BCUT2D eigenvalue weighted by Gasteiger charge is -2.33. The third-order valence-corrected chi connectivity index (χ3v) is 8.65. The molecule has 0 bridgehead atoms. The fourth-order valence-electron chi connectivity index (χ4n) is 3.77. The van der Waals surface area contributed by atoms with Crippen LogP contribution < -0.4 is 5.32 Å². The first-order chi connectivity index (χ1) is 13.6. The highest BCUT2D eigenvalue weighted by molar-refractivity contribution is 6.73. The zero-order valence-corrected chi connectivity index (χ0v) is 18.4. The van der Waals surface area contributed by atoms with E-state index in [0.29, 0.717) is 31.4 Å². The molecule has 7 nitrogen and oxygen atoms in total. The van der Waals surface area contributed by atoms with E-state index in [1.54, 1.807) is 30.8 Å². The van der Waals surface area contributed by atoms with Crippen molar-refractivity contribution in [2.24, 2.45) is 5.92 Å². The van der Waals surface area contributed by atoms with Gasteiger partial charge in [-0.05, 0) is 49.9 Å². The first-order valence-corrected chi connectivity index (χ1v) is 13.0. The minimum absolute atomic E-state index is 0.0960. The maximum atomic E-state index is 12.6. The van der Waals surface area contributed by atoms with Crippen LogP contribution in [0.25, 0.3) is 0 Å². The van der Waals surface area contributed by atoms with Crippen LogP contribution in [-0.2, 0) is 9.59 Å². The summed E-state index contributed by atoms with van der Waals surface area (Å²) in [6, 6.07) is 8.37. The summed E-state index contributed by atoms with van der Waals surface area (Å²) in [6.07, 6.45) is 1.86. The highest BCUT2D eigenvalue weighted by atomic mass is 28.4. The predicted molar refractivity (Wildman–Crippen MR) is 113 cm³/mol. The van der Waals surface area contributed by atoms with Crippen LogP contribution in [0.15, 0.2) is 30.3 Å². The van der Waals surface area contributed by atoms with Crippen molar-refractivity contribution in [1.82, 2.24) is 10.2 Å². The molecule has 1 aliphatic rings. The Hall–Kier alpha value is -2.19. The second kappa shape index (κ2) is 10.0.